The topological polar surface area (TPSA) is 46.9 Å². The molecule has 31 heavy (non-hydrogen) atoms. The molecule has 7 heteroatoms. The molecule has 0 spiro atoms. The molecule has 160 valence electrons. The van der Waals surface area contributed by atoms with Gasteiger partial charge in [0.1, 0.15) is 5.82 Å². The summed E-state index contributed by atoms with van der Waals surface area (Å²) in [5.74, 6) is 1.08. The first kappa shape index (κ1) is 21.9. The van der Waals surface area contributed by atoms with Crippen LogP contribution in [0.5, 0.6) is 0 Å². The Hall–Kier alpha value is -2.34. The Kier molecular flexibility index (Phi) is 7.28. The average Bonchev–Trinajstić information content (AvgIpc) is 3.42. The van der Waals surface area contributed by atoms with E-state index in [-0.39, 0.29) is 5.91 Å². The highest BCUT2D eigenvalue weighted by Crippen LogP contribution is 2.25. The lowest BCUT2D eigenvalue weighted by molar-refractivity contribution is 0.0957. The van der Waals surface area contributed by atoms with E-state index in [1.807, 2.05) is 53.9 Å². The van der Waals surface area contributed by atoms with Crippen molar-refractivity contribution in [2.45, 2.75) is 32.2 Å². The summed E-state index contributed by atoms with van der Waals surface area (Å²) in [5.41, 5.74) is 3.21. The molecule has 2 heterocycles. The molecular formula is C24H23Cl2N3OS. The third-order valence-corrected chi connectivity index (χ3v) is 6.77. The molecule has 0 aliphatic heterocycles. The van der Waals surface area contributed by atoms with Crippen LogP contribution in [0.1, 0.15) is 40.3 Å². The third-order valence-electron chi connectivity index (χ3n) is 5.17. The van der Waals surface area contributed by atoms with Gasteiger partial charge in [0.15, 0.2) is 0 Å². The molecule has 0 aliphatic rings. The van der Waals surface area contributed by atoms with E-state index < -0.39 is 0 Å². The van der Waals surface area contributed by atoms with Gasteiger partial charge in [-0.3, -0.25) is 4.79 Å². The predicted molar refractivity (Wildman–Crippen MR) is 130 cm³/mol. The number of nitrogens with one attached hydrogen (secondary N) is 1. The number of carbonyl (C=O) groups is 1. The fraction of sp³-hybridized carbons (Fsp3) is 0.250. The fourth-order valence-electron chi connectivity index (χ4n) is 3.59. The highest BCUT2D eigenvalue weighted by Gasteiger charge is 2.12. The van der Waals surface area contributed by atoms with Crippen molar-refractivity contribution in [2.75, 3.05) is 6.54 Å². The predicted octanol–water partition coefficient (Wildman–Crippen LogP) is 6.60. The van der Waals surface area contributed by atoms with Gasteiger partial charge in [-0.1, -0.05) is 53.9 Å². The molecule has 1 amide bonds. The Labute approximate surface area is 195 Å². The van der Waals surface area contributed by atoms with Crippen molar-refractivity contribution in [3.8, 4) is 0 Å². The number of thiophene rings is 1. The van der Waals surface area contributed by atoms with Crippen LogP contribution < -0.4 is 5.32 Å². The van der Waals surface area contributed by atoms with E-state index in [2.05, 4.69) is 16.0 Å². The van der Waals surface area contributed by atoms with E-state index >= 15 is 0 Å². The van der Waals surface area contributed by atoms with Crippen molar-refractivity contribution in [1.82, 2.24) is 14.9 Å². The highest BCUT2D eigenvalue weighted by atomic mass is 35.5. The average molecular weight is 472 g/mol. The first-order chi connectivity index (χ1) is 15.1. The van der Waals surface area contributed by atoms with Crippen molar-refractivity contribution < 1.29 is 4.79 Å². The summed E-state index contributed by atoms with van der Waals surface area (Å²) in [6, 6.07) is 17.7. The molecule has 0 atom stereocenters. The number of unbranched alkanes of at least 4 members (excludes halogenated alkanes) is 2. The first-order valence-corrected chi connectivity index (χ1v) is 11.9. The molecule has 0 saturated carbocycles. The molecule has 0 bridgehead atoms. The van der Waals surface area contributed by atoms with E-state index in [1.165, 1.54) is 11.3 Å². The van der Waals surface area contributed by atoms with Crippen molar-refractivity contribution >= 4 is 51.5 Å². The number of hydrogen-bond acceptors (Lipinski definition) is 3. The van der Waals surface area contributed by atoms with Gasteiger partial charge in [-0.25, -0.2) is 4.98 Å². The summed E-state index contributed by atoms with van der Waals surface area (Å²) < 4.78 is 2.26. The van der Waals surface area contributed by atoms with E-state index in [1.54, 1.807) is 0 Å². The quantitative estimate of drug-likeness (QED) is 0.279. The minimum atomic E-state index is 0.0124. The molecule has 4 aromatic rings. The molecule has 2 aromatic carbocycles. The molecule has 0 saturated heterocycles. The fourth-order valence-corrected chi connectivity index (χ4v) is 4.56. The van der Waals surface area contributed by atoms with Crippen LogP contribution in [0, 0.1) is 0 Å². The SMILES string of the molecule is O=C(NCCCCCc1nc2ccccc2n1Cc1ccc(Cl)c(Cl)c1)c1cccs1. The van der Waals surface area contributed by atoms with Crippen molar-refractivity contribution in [3.63, 3.8) is 0 Å². The maximum absolute atomic E-state index is 12.0. The number of halogens is 2. The lowest BCUT2D eigenvalue weighted by Crippen LogP contribution is -2.23. The van der Waals surface area contributed by atoms with Crippen LogP contribution in [0.25, 0.3) is 11.0 Å². The smallest absolute Gasteiger partial charge is 0.261 e. The summed E-state index contributed by atoms with van der Waals surface area (Å²) in [5, 5.41) is 6.03. The third kappa shape index (κ3) is 5.48. The Morgan fingerprint density at radius 3 is 2.68 bits per heavy atom. The summed E-state index contributed by atoms with van der Waals surface area (Å²) in [6.45, 7) is 1.39. The Morgan fingerprint density at radius 1 is 1.00 bits per heavy atom. The normalized spacial score (nSPS) is 11.2. The second kappa shape index (κ2) is 10.3. The van der Waals surface area contributed by atoms with Crippen molar-refractivity contribution in [2.24, 2.45) is 0 Å². The van der Waals surface area contributed by atoms with Gasteiger partial charge < -0.3 is 9.88 Å². The van der Waals surface area contributed by atoms with Crippen LogP contribution in [-0.2, 0) is 13.0 Å². The number of aromatic nitrogens is 2. The highest BCUT2D eigenvalue weighted by molar-refractivity contribution is 7.12. The van der Waals surface area contributed by atoms with E-state index in [9.17, 15) is 4.79 Å². The van der Waals surface area contributed by atoms with E-state index in [0.717, 1.165) is 53.0 Å². The largest absolute Gasteiger partial charge is 0.351 e. The standard InChI is InChI=1S/C24H23Cl2N3OS/c25-18-12-11-17(15-19(18)26)16-29-21-8-4-3-7-20(21)28-23(29)10-2-1-5-13-27-24(30)22-9-6-14-31-22/h3-4,6-9,11-12,14-15H,1-2,5,10,13,16H2,(H,27,30). The summed E-state index contributed by atoms with van der Waals surface area (Å²) in [7, 11) is 0. The molecule has 4 rings (SSSR count). The van der Waals surface area contributed by atoms with Crippen LogP contribution in [0.4, 0.5) is 0 Å². The van der Waals surface area contributed by atoms with Gasteiger partial charge in [0.05, 0.1) is 26.0 Å². The monoisotopic (exact) mass is 471 g/mol. The van der Waals surface area contributed by atoms with Crippen molar-refractivity contribution in [1.29, 1.82) is 0 Å². The number of hydrogen-bond donors (Lipinski definition) is 1. The molecule has 0 aliphatic carbocycles. The van der Waals surface area contributed by atoms with Crippen LogP contribution in [-0.4, -0.2) is 22.0 Å². The second-order valence-electron chi connectivity index (χ2n) is 7.40. The maximum atomic E-state index is 12.0. The second-order valence-corrected chi connectivity index (χ2v) is 9.16. The zero-order valence-corrected chi connectivity index (χ0v) is 19.3. The van der Waals surface area contributed by atoms with Gasteiger partial charge in [-0.2, -0.15) is 0 Å². The summed E-state index contributed by atoms with van der Waals surface area (Å²) >= 11 is 13.7. The Morgan fingerprint density at radius 2 is 1.87 bits per heavy atom. The van der Waals surface area contributed by atoms with Gasteiger partial charge in [0.25, 0.3) is 5.91 Å². The van der Waals surface area contributed by atoms with Gasteiger partial charge in [0.2, 0.25) is 0 Å². The molecule has 0 radical (unpaired) electrons. The van der Waals surface area contributed by atoms with Crippen molar-refractivity contribution in [3.05, 3.63) is 86.3 Å². The molecule has 1 N–H and O–H groups in total. The van der Waals surface area contributed by atoms with Gasteiger partial charge in [-0.05, 0) is 54.1 Å². The van der Waals surface area contributed by atoms with Gasteiger partial charge in [-0.15, -0.1) is 11.3 Å². The Bertz CT molecular complexity index is 1170. The van der Waals surface area contributed by atoms with Crippen LogP contribution in [0.15, 0.2) is 60.0 Å². The van der Waals surface area contributed by atoms with Gasteiger partial charge in [0, 0.05) is 19.5 Å². The first-order valence-electron chi connectivity index (χ1n) is 10.3. The molecule has 0 fully saturated rings. The summed E-state index contributed by atoms with van der Waals surface area (Å²) in [4.78, 5) is 17.6. The number of amides is 1. The number of aryl methyl sites for hydroxylation is 1. The maximum Gasteiger partial charge on any atom is 0.261 e. The zero-order valence-electron chi connectivity index (χ0n) is 17.0. The molecular weight excluding hydrogens is 449 g/mol. The van der Waals surface area contributed by atoms with Crippen LogP contribution in [0.3, 0.4) is 0 Å². The minimum Gasteiger partial charge on any atom is -0.351 e. The van der Waals surface area contributed by atoms with E-state index in [4.69, 9.17) is 28.2 Å². The van der Waals surface area contributed by atoms with E-state index in [0.29, 0.717) is 23.1 Å². The summed E-state index contributed by atoms with van der Waals surface area (Å²) in [6.07, 6.45) is 3.87. The molecule has 4 nitrogen and oxygen atoms in total. The number of rotatable bonds is 9. The number of nitrogens with zero attached hydrogens (tertiary/aromatic N) is 2. The zero-order chi connectivity index (χ0) is 21.6. The molecule has 0 unspecified atom stereocenters. The van der Waals surface area contributed by atoms with Crippen LogP contribution in [0.2, 0.25) is 10.0 Å². The van der Waals surface area contributed by atoms with Crippen LogP contribution >= 0.6 is 34.5 Å². The number of fused-ring (bicyclic) bond motifs is 1. The van der Waals surface area contributed by atoms with Gasteiger partial charge >= 0.3 is 0 Å². The minimum absolute atomic E-state index is 0.0124. The lowest BCUT2D eigenvalue weighted by atomic mass is 10.1. The molecule has 2 aromatic heterocycles. The number of imidazole rings is 1. The lowest BCUT2D eigenvalue weighted by Gasteiger charge is -2.10. The number of benzene rings is 2. The Balaban J connectivity index is 1.36. The number of carbonyl (C=O) groups excluding carboxylic acids is 1. The number of para-hydroxylation sites is 2.